The van der Waals surface area contributed by atoms with Gasteiger partial charge in [0, 0.05) is 11.7 Å². The molecule has 1 atom stereocenters. The highest BCUT2D eigenvalue weighted by Crippen LogP contribution is 2.24. The van der Waals surface area contributed by atoms with Gasteiger partial charge in [0.05, 0.1) is 12.4 Å². The fourth-order valence-corrected chi connectivity index (χ4v) is 2.87. The number of amides is 1. The Balaban J connectivity index is 1.67. The number of nitrogens with zero attached hydrogens (tertiary/aromatic N) is 2. The molecule has 1 heterocycles. The van der Waals surface area contributed by atoms with Gasteiger partial charge < -0.3 is 10.6 Å². The first-order chi connectivity index (χ1) is 13.0. The number of anilines is 2. The predicted molar refractivity (Wildman–Crippen MR) is 109 cm³/mol. The Morgan fingerprint density at radius 3 is 2.26 bits per heavy atom. The first-order valence-corrected chi connectivity index (χ1v) is 9.08. The molecule has 1 unspecified atom stereocenters. The van der Waals surface area contributed by atoms with E-state index in [0.717, 1.165) is 16.8 Å². The summed E-state index contributed by atoms with van der Waals surface area (Å²) in [5, 5.41) is 6.23. The average Bonchev–Trinajstić information content (AvgIpc) is 2.69. The molecular weight excluding hydrogens is 336 g/mol. The number of hydrogen-bond acceptors (Lipinski definition) is 4. The van der Waals surface area contributed by atoms with Gasteiger partial charge in [-0.2, -0.15) is 0 Å². The van der Waals surface area contributed by atoms with E-state index in [1.165, 1.54) is 6.20 Å². The Bertz CT molecular complexity index is 892. The highest BCUT2D eigenvalue weighted by Gasteiger charge is 2.13. The van der Waals surface area contributed by atoms with Crippen molar-refractivity contribution in [3.63, 3.8) is 0 Å². The van der Waals surface area contributed by atoms with E-state index in [0.29, 0.717) is 11.7 Å². The Labute approximate surface area is 159 Å². The van der Waals surface area contributed by atoms with Crippen LogP contribution < -0.4 is 10.6 Å². The first kappa shape index (κ1) is 18.6. The fraction of sp³-hybridized carbons (Fsp3) is 0.227. The molecular formula is C22H24N4O. The van der Waals surface area contributed by atoms with Crippen LogP contribution in [-0.4, -0.2) is 15.9 Å². The zero-order valence-electron chi connectivity index (χ0n) is 15.8. The fourth-order valence-electron chi connectivity index (χ4n) is 2.87. The second-order valence-corrected chi connectivity index (χ2v) is 6.76. The molecule has 0 saturated carbocycles. The van der Waals surface area contributed by atoms with E-state index in [-0.39, 0.29) is 17.6 Å². The highest BCUT2D eigenvalue weighted by atomic mass is 16.1. The minimum absolute atomic E-state index is 0.0955. The van der Waals surface area contributed by atoms with E-state index >= 15 is 0 Å². The van der Waals surface area contributed by atoms with Crippen LogP contribution in [0.15, 0.2) is 67.0 Å². The summed E-state index contributed by atoms with van der Waals surface area (Å²) in [5.74, 6) is 0.683. The molecule has 0 aliphatic rings. The van der Waals surface area contributed by atoms with Crippen LogP contribution in [0.5, 0.6) is 0 Å². The predicted octanol–water partition coefficient (Wildman–Crippen LogP) is 5.03. The maximum Gasteiger partial charge on any atom is 0.275 e. The SMILES string of the molecule is CC(C)c1ccccc1NC(=O)c1cnc(NC(C)c2ccccc2)cn1. The number of carbonyl (C=O) groups excluding carboxylic acids is 1. The summed E-state index contributed by atoms with van der Waals surface area (Å²) in [7, 11) is 0. The van der Waals surface area contributed by atoms with Crippen LogP contribution in [0.2, 0.25) is 0 Å². The molecule has 0 radical (unpaired) electrons. The molecule has 3 rings (SSSR count). The van der Waals surface area contributed by atoms with Gasteiger partial charge in [-0.05, 0) is 30.0 Å². The van der Waals surface area contributed by atoms with E-state index in [4.69, 9.17) is 0 Å². The summed E-state index contributed by atoms with van der Waals surface area (Å²) < 4.78 is 0. The smallest absolute Gasteiger partial charge is 0.275 e. The van der Waals surface area contributed by atoms with Crippen LogP contribution in [0.25, 0.3) is 0 Å². The minimum Gasteiger partial charge on any atom is -0.362 e. The van der Waals surface area contributed by atoms with Crippen LogP contribution in [0.3, 0.4) is 0 Å². The Kier molecular flexibility index (Phi) is 5.81. The summed E-state index contributed by atoms with van der Waals surface area (Å²) in [6.07, 6.45) is 3.08. The summed E-state index contributed by atoms with van der Waals surface area (Å²) in [6.45, 7) is 6.25. The van der Waals surface area contributed by atoms with Crippen LogP contribution in [0, 0.1) is 0 Å². The first-order valence-electron chi connectivity index (χ1n) is 9.08. The quantitative estimate of drug-likeness (QED) is 0.647. The van der Waals surface area contributed by atoms with Crippen molar-refractivity contribution in [1.82, 2.24) is 9.97 Å². The van der Waals surface area contributed by atoms with Gasteiger partial charge in [-0.1, -0.05) is 62.4 Å². The lowest BCUT2D eigenvalue weighted by atomic mass is 10.0. The van der Waals surface area contributed by atoms with Crippen molar-refractivity contribution in [3.05, 3.63) is 83.8 Å². The Morgan fingerprint density at radius 2 is 1.59 bits per heavy atom. The van der Waals surface area contributed by atoms with Crippen molar-refractivity contribution in [2.45, 2.75) is 32.7 Å². The number of carbonyl (C=O) groups is 1. The Hall–Kier alpha value is -3.21. The highest BCUT2D eigenvalue weighted by molar-refractivity contribution is 6.03. The number of rotatable bonds is 6. The van der Waals surface area contributed by atoms with E-state index in [9.17, 15) is 4.79 Å². The van der Waals surface area contributed by atoms with Crippen molar-refractivity contribution >= 4 is 17.4 Å². The molecule has 0 spiro atoms. The van der Waals surface area contributed by atoms with Crippen molar-refractivity contribution in [2.24, 2.45) is 0 Å². The molecule has 1 aromatic heterocycles. The number of aromatic nitrogens is 2. The molecule has 3 aromatic rings. The average molecular weight is 360 g/mol. The van der Waals surface area contributed by atoms with Gasteiger partial charge in [0.25, 0.3) is 5.91 Å². The molecule has 2 N–H and O–H groups in total. The molecule has 0 aliphatic carbocycles. The third-order valence-electron chi connectivity index (χ3n) is 4.38. The van der Waals surface area contributed by atoms with Crippen molar-refractivity contribution in [2.75, 3.05) is 10.6 Å². The molecule has 0 saturated heterocycles. The molecule has 27 heavy (non-hydrogen) atoms. The van der Waals surface area contributed by atoms with Crippen LogP contribution in [0.4, 0.5) is 11.5 Å². The molecule has 0 aliphatic heterocycles. The van der Waals surface area contributed by atoms with Crippen molar-refractivity contribution < 1.29 is 4.79 Å². The van der Waals surface area contributed by atoms with Crippen LogP contribution in [-0.2, 0) is 0 Å². The molecule has 5 heteroatoms. The molecule has 2 aromatic carbocycles. The largest absolute Gasteiger partial charge is 0.362 e. The second-order valence-electron chi connectivity index (χ2n) is 6.76. The summed E-state index contributed by atoms with van der Waals surface area (Å²) in [6, 6.07) is 18.0. The summed E-state index contributed by atoms with van der Waals surface area (Å²) in [5.41, 5.74) is 3.34. The molecule has 0 bridgehead atoms. The summed E-state index contributed by atoms with van der Waals surface area (Å²) in [4.78, 5) is 21.1. The van der Waals surface area contributed by atoms with Crippen molar-refractivity contribution in [3.8, 4) is 0 Å². The van der Waals surface area contributed by atoms with Crippen molar-refractivity contribution in [1.29, 1.82) is 0 Å². The maximum atomic E-state index is 12.5. The Morgan fingerprint density at radius 1 is 0.889 bits per heavy atom. The molecule has 0 fully saturated rings. The molecule has 138 valence electrons. The van der Waals surface area contributed by atoms with Gasteiger partial charge in [0.15, 0.2) is 0 Å². The van der Waals surface area contributed by atoms with Gasteiger partial charge in [0.2, 0.25) is 0 Å². The third-order valence-corrected chi connectivity index (χ3v) is 4.38. The second kappa shape index (κ2) is 8.45. The maximum absolute atomic E-state index is 12.5. The minimum atomic E-state index is -0.266. The molecule has 1 amide bonds. The van der Waals surface area contributed by atoms with Gasteiger partial charge in [-0.15, -0.1) is 0 Å². The third kappa shape index (κ3) is 4.70. The number of para-hydroxylation sites is 1. The topological polar surface area (TPSA) is 66.9 Å². The summed E-state index contributed by atoms with van der Waals surface area (Å²) >= 11 is 0. The monoisotopic (exact) mass is 360 g/mol. The van der Waals surface area contributed by atoms with Crippen LogP contribution >= 0.6 is 0 Å². The van der Waals surface area contributed by atoms with E-state index in [1.54, 1.807) is 6.20 Å². The van der Waals surface area contributed by atoms with E-state index in [1.807, 2.05) is 42.5 Å². The number of benzene rings is 2. The van der Waals surface area contributed by atoms with Gasteiger partial charge in [0.1, 0.15) is 11.5 Å². The zero-order valence-corrected chi connectivity index (χ0v) is 15.8. The standard InChI is InChI=1S/C22H24N4O/c1-15(2)18-11-7-8-12-19(18)26-22(27)20-13-24-21(14-23-20)25-16(3)17-9-5-4-6-10-17/h4-16H,1-3H3,(H,24,25)(H,26,27). The lowest BCUT2D eigenvalue weighted by molar-refractivity contribution is 0.102. The lowest BCUT2D eigenvalue weighted by Crippen LogP contribution is -2.16. The normalized spacial score (nSPS) is 11.9. The van der Waals surface area contributed by atoms with E-state index in [2.05, 4.69) is 53.5 Å². The van der Waals surface area contributed by atoms with Gasteiger partial charge in [-0.25, -0.2) is 9.97 Å². The lowest BCUT2D eigenvalue weighted by Gasteiger charge is -2.15. The van der Waals surface area contributed by atoms with E-state index < -0.39 is 0 Å². The van der Waals surface area contributed by atoms with Gasteiger partial charge in [-0.3, -0.25) is 4.79 Å². The zero-order chi connectivity index (χ0) is 19.2. The molecule has 5 nitrogen and oxygen atoms in total. The van der Waals surface area contributed by atoms with Gasteiger partial charge >= 0.3 is 0 Å². The number of nitrogens with one attached hydrogen (secondary N) is 2. The van der Waals surface area contributed by atoms with Crippen LogP contribution in [0.1, 0.15) is 54.3 Å². The number of hydrogen-bond donors (Lipinski definition) is 2.